The predicted octanol–water partition coefficient (Wildman–Crippen LogP) is 2.89. The molecule has 0 saturated heterocycles. The van der Waals surface area contributed by atoms with Gasteiger partial charge >= 0.3 is 0 Å². The lowest BCUT2D eigenvalue weighted by atomic mass is 10.1. The van der Waals surface area contributed by atoms with Gasteiger partial charge in [0.15, 0.2) is 11.5 Å². The zero-order valence-corrected chi connectivity index (χ0v) is 12.8. The Morgan fingerprint density at radius 2 is 2.24 bits per heavy atom. The molecule has 0 spiro atoms. The van der Waals surface area contributed by atoms with E-state index in [1.165, 1.54) is 0 Å². The molecule has 0 bridgehead atoms. The third kappa shape index (κ3) is 2.64. The molecule has 0 amide bonds. The zero-order chi connectivity index (χ0) is 14.8. The smallest absolute Gasteiger partial charge is 0.180 e. The average molecular weight is 302 g/mol. The van der Waals surface area contributed by atoms with E-state index in [9.17, 15) is 5.11 Å². The maximum Gasteiger partial charge on any atom is 0.180 e. The summed E-state index contributed by atoms with van der Waals surface area (Å²) < 4.78 is 2.02. The van der Waals surface area contributed by atoms with Crippen LogP contribution in [-0.2, 0) is 0 Å². The quantitative estimate of drug-likeness (QED) is 0.761. The van der Waals surface area contributed by atoms with Gasteiger partial charge in [-0.25, -0.2) is 9.97 Å². The van der Waals surface area contributed by atoms with Crippen LogP contribution in [0, 0.1) is 5.92 Å². The molecule has 2 N–H and O–H groups in total. The van der Waals surface area contributed by atoms with Crippen molar-refractivity contribution in [2.45, 2.75) is 19.9 Å². The summed E-state index contributed by atoms with van der Waals surface area (Å²) >= 11 is 1.66. The number of imidazole rings is 1. The Morgan fingerprint density at radius 1 is 1.38 bits per heavy atom. The first-order valence-electron chi connectivity index (χ1n) is 6.92. The highest BCUT2D eigenvalue weighted by Gasteiger charge is 2.16. The highest BCUT2D eigenvalue weighted by atomic mass is 32.1. The van der Waals surface area contributed by atoms with E-state index in [0.29, 0.717) is 11.7 Å². The molecular formula is C15H18N4OS. The first-order valence-corrected chi connectivity index (χ1v) is 7.87. The van der Waals surface area contributed by atoms with Crippen LogP contribution in [0.25, 0.3) is 16.9 Å². The number of nitrogens with zero attached hydrogens (tertiary/aromatic N) is 3. The lowest BCUT2D eigenvalue weighted by molar-refractivity contribution is 0.249. The van der Waals surface area contributed by atoms with E-state index in [-0.39, 0.29) is 12.6 Å². The first-order chi connectivity index (χ1) is 10.2. The molecule has 110 valence electrons. The summed E-state index contributed by atoms with van der Waals surface area (Å²) in [5.74, 6) is 1.01. The molecule has 0 radical (unpaired) electrons. The Labute approximate surface area is 127 Å². The minimum absolute atomic E-state index is 0.0370. The van der Waals surface area contributed by atoms with Crippen LogP contribution < -0.4 is 5.32 Å². The molecule has 0 saturated carbocycles. The van der Waals surface area contributed by atoms with Gasteiger partial charge in [-0.3, -0.25) is 4.40 Å². The van der Waals surface area contributed by atoms with Crippen molar-refractivity contribution in [3.8, 4) is 11.3 Å². The van der Waals surface area contributed by atoms with E-state index in [1.54, 1.807) is 17.5 Å². The molecular weight excluding hydrogens is 284 g/mol. The molecule has 3 aromatic heterocycles. The number of hydrogen-bond donors (Lipinski definition) is 2. The summed E-state index contributed by atoms with van der Waals surface area (Å²) in [6.45, 7) is 4.20. The zero-order valence-electron chi connectivity index (χ0n) is 12.0. The highest BCUT2D eigenvalue weighted by Crippen LogP contribution is 2.25. The topological polar surface area (TPSA) is 62.5 Å². The van der Waals surface area contributed by atoms with E-state index >= 15 is 0 Å². The summed E-state index contributed by atoms with van der Waals surface area (Å²) in [4.78, 5) is 8.85. The van der Waals surface area contributed by atoms with Gasteiger partial charge in [-0.1, -0.05) is 13.8 Å². The lowest BCUT2D eigenvalue weighted by Crippen LogP contribution is -2.30. The number of thiophene rings is 1. The fourth-order valence-electron chi connectivity index (χ4n) is 2.24. The Morgan fingerprint density at radius 3 is 2.90 bits per heavy atom. The van der Waals surface area contributed by atoms with Gasteiger partial charge in [-0.2, -0.15) is 11.3 Å². The average Bonchev–Trinajstić information content (AvgIpc) is 3.12. The normalized spacial score (nSPS) is 13.0. The molecule has 1 unspecified atom stereocenters. The molecule has 6 heteroatoms. The number of rotatable bonds is 5. The fraction of sp³-hybridized carbons (Fsp3) is 0.333. The number of fused-ring (bicyclic) bond motifs is 1. The van der Waals surface area contributed by atoms with Crippen molar-refractivity contribution in [1.29, 1.82) is 0 Å². The molecule has 3 heterocycles. The van der Waals surface area contributed by atoms with Crippen molar-refractivity contribution < 1.29 is 5.11 Å². The van der Waals surface area contributed by atoms with Crippen LogP contribution in [0.5, 0.6) is 0 Å². The van der Waals surface area contributed by atoms with Crippen molar-refractivity contribution in [3.63, 3.8) is 0 Å². The Kier molecular flexibility index (Phi) is 3.90. The summed E-state index contributed by atoms with van der Waals surface area (Å²) in [5, 5.41) is 16.9. The maximum atomic E-state index is 9.47. The van der Waals surface area contributed by atoms with E-state index in [0.717, 1.165) is 16.9 Å². The molecule has 5 nitrogen and oxygen atoms in total. The molecule has 0 aromatic carbocycles. The second-order valence-corrected chi connectivity index (χ2v) is 6.08. The van der Waals surface area contributed by atoms with Gasteiger partial charge in [0.2, 0.25) is 0 Å². The number of aromatic nitrogens is 3. The number of aliphatic hydroxyl groups excluding tert-OH is 1. The molecule has 0 aliphatic rings. The second kappa shape index (κ2) is 5.83. The van der Waals surface area contributed by atoms with Crippen LogP contribution >= 0.6 is 11.3 Å². The van der Waals surface area contributed by atoms with Crippen LogP contribution in [-0.4, -0.2) is 32.1 Å². The Bertz CT molecular complexity index is 720. The van der Waals surface area contributed by atoms with Gasteiger partial charge in [0.05, 0.1) is 24.5 Å². The molecule has 3 rings (SSSR count). The van der Waals surface area contributed by atoms with Crippen molar-refractivity contribution in [2.75, 3.05) is 11.9 Å². The van der Waals surface area contributed by atoms with E-state index in [2.05, 4.69) is 46.0 Å². The maximum absolute atomic E-state index is 9.47. The van der Waals surface area contributed by atoms with Gasteiger partial charge in [-0.15, -0.1) is 0 Å². The van der Waals surface area contributed by atoms with Gasteiger partial charge in [0.1, 0.15) is 0 Å². The molecule has 1 atom stereocenters. The summed E-state index contributed by atoms with van der Waals surface area (Å²) in [7, 11) is 0. The van der Waals surface area contributed by atoms with Crippen molar-refractivity contribution in [1.82, 2.24) is 14.4 Å². The Hall–Kier alpha value is -1.92. The third-order valence-corrected chi connectivity index (χ3v) is 4.25. The number of anilines is 1. The van der Waals surface area contributed by atoms with Gasteiger partial charge < -0.3 is 10.4 Å². The molecule has 0 aliphatic carbocycles. The standard InChI is InChI=1S/C15H18N4OS/c1-10(2)12(8-20)18-14-15-17-7-13(11-3-6-21-9-11)19(15)5-4-16-14/h3-7,9-10,12,20H,8H2,1-2H3,(H,16,18). The molecule has 3 aromatic rings. The molecule has 21 heavy (non-hydrogen) atoms. The SMILES string of the molecule is CC(C)C(CO)Nc1nccn2c(-c3ccsc3)cnc12. The van der Waals surface area contributed by atoms with E-state index in [1.807, 2.05) is 16.8 Å². The van der Waals surface area contributed by atoms with Crippen molar-refractivity contribution in [3.05, 3.63) is 35.4 Å². The van der Waals surface area contributed by atoms with Crippen LogP contribution in [0.4, 0.5) is 5.82 Å². The predicted molar refractivity (Wildman–Crippen MR) is 85.6 cm³/mol. The Balaban J connectivity index is 2.02. The van der Waals surface area contributed by atoms with Gasteiger partial charge in [-0.05, 0) is 17.4 Å². The van der Waals surface area contributed by atoms with Crippen LogP contribution in [0.15, 0.2) is 35.4 Å². The third-order valence-electron chi connectivity index (χ3n) is 3.57. The number of nitrogens with one attached hydrogen (secondary N) is 1. The fourth-order valence-corrected chi connectivity index (χ4v) is 2.89. The largest absolute Gasteiger partial charge is 0.394 e. The summed E-state index contributed by atoms with van der Waals surface area (Å²) in [6.07, 6.45) is 5.51. The molecule has 0 aliphatic heterocycles. The monoisotopic (exact) mass is 302 g/mol. The number of hydrogen-bond acceptors (Lipinski definition) is 5. The molecule has 0 fully saturated rings. The lowest BCUT2D eigenvalue weighted by Gasteiger charge is -2.20. The van der Waals surface area contributed by atoms with Crippen molar-refractivity contribution >= 4 is 22.8 Å². The minimum Gasteiger partial charge on any atom is -0.394 e. The van der Waals surface area contributed by atoms with E-state index < -0.39 is 0 Å². The van der Waals surface area contributed by atoms with Crippen LogP contribution in [0.1, 0.15) is 13.8 Å². The summed E-state index contributed by atoms with van der Waals surface area (Å²) in [6, 6.07) is 2.04. The minimum atomic E-state index is -0.0370. The van der Waals surface area contributed by atoms with Crippen molar-refractivity contribution in [2.24, 2.45) is 5.92 Å². The van der Waals surface area contributed by atoms with Crippen LogP contribution in [0.2, 0.25) is 0 Å². The summed E-state index contributed by atoms with van der Waals surface area (Å²) in [5.41, 5.74) is 2.96. The highest BCUT2D eigenvalue weighted by molar-refractivity contribution is 7.08. The van der Waals surface area contributed by atoms with E-state index in [4.69, 9.17) is 0 Å². The van der Waals surface area contributed by atoms with Crippen LogP contribution in [0.3, 0.4) is 0 Å². The first kappa shape index (κ1) is 14.0. The van der Waals surface area contributed by atoms with Gasteiger partial charge in [0.25, 0.3) is 0 Å². The second-order valence-electron chi connectivity index (χ2n) is 5.30. The number of aliphatic hydroxyl groups is 1. The van der Waals surface area contributed by atoms with Gasteiger partial charge in [0, 0.05) is 23.3 Å².